The van der Waals surface area contributed by atoms with Crippen LogP contribution in [0.4, 0.5) is 0 Å². The van der Waals surface area contributed by atoms with Crippen LogP contribution in [0.5, 0.6) is 5.75 Å². The van der Waals surface area contributed by atoms with Crippen molar-refractivity contribution in [3.63, 3.8) is 0 Å². The fourth-order valence-electron chi connectivity index (χ4n) is 2.69. The molecule has 3 nitrogen and oxygen atoms in total. The molecular formula is C19H27NO2. The van der Waals surface area contributed by atoms with Gasteiger partial charge in [0.15, 0.2) is 5.78 Å². The van der Waals surface area contributed by atoms with Crippen LogP contribution in [0.2, 0.25) is 0 Å². The van der Waals surface area contributed by atoms with Crippen molar-refractivity contribution in [3.8, 4) is 5.75 Å². The molecule has 0 aliphatic carbocycles. The second-order valence-electron chi connectivity index (χ2n) is 5.89. The Morgan fingerprint density at radius 2 is 2.14 bits per heavy atom. The minimum absolute atomic E-state index is 0.282. The number of rotatable bonds is 7. The third-order valence-electron chi connectivity index (χ3n) is 3.91. The van der Waals surface area contributed by atoms with Crippen molar-refractivity contribution in [2.24, 2.45) is 0 Å². The number of carbonyl (C=O) groups excluding carboxylic acids is 1. The van der Waals surface area contributed by atoms with Crippen LogP contribution in [0.1, 0.15) is 45.1 Å². The van der Waals surface area contributed by atoms with Crippen LogP contribution in [-0.4, -0.2) is 36.9 Å². The Morgan fingerprint density at radius 1 is 1.27 bits per heavy atom. The third-order valence-corrected chi connectivity index (χ3v) is 3.91. The first-order valence-electron chi connectivity index (χ1n) is 8.42. The van der Waals surface area contributed by atoms with E-state index in [2.05, 4.69) is 18.7 Å². The van der Waals surface area contributed by atoms with Crippen LogP contribution in [0.15, 0.2) is 29.8 Å². The van der Waals surface area contributed by atoms with Gasteiger partial charge in [-0.3, -0.25) is 9.69 Å². The minimum Gasteiger partial charge on any atom is -0.494 e. The zero-order valence-corrected chi connectivity index (χ0v) is 13.8. The first-order valence-corrected chi connectivity index (χ1v) is 8.42. The summed E-state index contributed by atoms with van der Waals surface area (Å²) in [7, 11) is 0. The van der Waals surface area contributed by atoms with E-state index in [1.54, 1.807) is 0 Å². The summed E-state index contributed by atoms with van der Waals surface area (Å²) < 4.78 is 5.74. The van der Waals surface area contributed by atoms with E-state index in [-0.39, 0.29) is 5.78 Å². The van der Waals surface area contributed by atoms with E-state index in [4.69, 9.17) is 4.74 Å². The standard InChI is InChI=1S/C19H27NO2/c1-3-5-12-22-18-8-6-7-16(14-18)13-17-15-20(10-4-2)11-9-19(17)21/h6-8,13-14H,3-5,9-12,15H2,1-2H3/b17-13+. The summed E-state index contributed by atoms with van der Waals surface area (Å²) in [6, 6.07) is 8.02. The van der Waals surface area contributed by atoms with E-state index in [0.29, 0.717) is 6.42 Å². The van der Waals surface area contributed by atoms with E-state index in [0.717, 1.165) is 62.4 Å². The quantitative estimate of drug-likeness (QED) is 0.564. The Hall–Kier alpha value is -1.61. The topological polar surface area (TPSA) is 29.5 Å². The molecule has 0 atom stereocenters. The van der Waals surface area contributed by atoms with Gasteiger partial charge in [0.05, 0.1) is 6.61 Å². The highest BCUT2D eigenvalue weighted by Crippen LogP contribution is 2.19. The van der Waals surface area contributed by atoms with Crippen molar-refractivity contribution in [1.82, 2.24) is 4.90 Å². The molecule has 1 heterocycles. The Bertz CT molecular complexity index is 522. The van der Waals surface area contributed by atoms with Gasteiger partial charge in [-0.15, -0.1) is 0 Å². The molecule has 3 heteroatoms. The highest BCUT2D eigenvalue weighted by Gasteiger charge is 2.20. The Labute approximate surface area is 134 Å². The summed E-state index contributed by atoms with van der Waals surface area (Å²) in [5.74, 6) is 1.17. The van der Waals surface area contributed by atoms with Crippen molar-refractivity contribution >= 4 is 11.9 Å². The van der Waals surface area contributed by atoms with E-state index >= 15 is 0 Å². The Morgan fingerprint density at radius 3 is 2.91 bits per heavy atom. The number of unbranched alkanes of at least 4 members (excludes halogenated alkanes) is 1. The summed E-state index contributed by atoms with van der Waals surface area (Å²) >= 11 is 0. The zero-order valence-electron chi connectivity index (χ0n) is 13.8. The van der Waals surface area contributed by atoms with Gasteiger partial charge in [0, 0.05) is 25.1 Å². The molecule has 1 aromatic rings. The van der Waals surface area contributed by atoms with E-state index in [1.165, 1.54) is 0 Å². The number of hydrogen-bond donors (Lipinski definition) is 0. The molecule has 1 fully saturated rings. The van der Waals surface area contributed by atoms with Gasteiger partial charge >= 0.3 is 0 Å². The number of ketones is 1. The van der Waals surface area contributed by atoms with Crippen molar-refractivity contribution < 1.29 is 9.53 Å². The first-order chi connectivity index (χ1) is 10.7. The SMILES string of the molecule is CCCCOc1cccc(/C=C2\CN(CCC)CCC2=O)c1. The first kappa shape index (κ1) is 16.8. The normalized spacial score (nSPS) is 17.9. The van der Waals surface area contributed by atoms with E-state index in [9.17, 15) is 4.79 Å². The molecule has 1 aliphatic heterocycles. The third kappa shape index (κ3) is 4.99. The maximum Gasteiger partial charge on any atom is 0.161 e. The number of nitrogens with zero attached hydrogens (tertiary/aromatic N) is 1. The molecule has 0 aromatic heterocycles. The highest BCUT2D eigenvalue weighted by molar-refractivity contribution is 6.00. The van der Waals surface area contributed by atoms with Gasteiger partial charge in [-0.2, -0.15) is 0 Å². The van der Waals surface area contributed by atoms with Gasteiger partial charge in [0.2, 0.25) is 0 Å². The molecule has 1 aromatic carbocycles. The van der Waals surface area contributed by atoms with Crippen LogP contribution in [-0.2, 0) is 4.79 Å². The monoisotopic (exact) mass is 301 g/mol. The van der Waals surface area contributed by atoms with E-state index < -0.39 is 0 Å². The molecule has 0 unspecified atom stereocenters. The van der Waals surface area contributed by atoms with Crippen LogP contribution < -0.4 is 4.74 Å². The smallest absolute Gasteiger partial charge is 0.161 e. The molecule has 0 radical (unpaired) electrons. The molecule has 1 saturated heterocycles. The number of carbonyl (C=O) groups is 1. The highest BCUT2D eigenvalue weighted by atomic mass is 16.5. The zero-order chi connectivity index (χ0) is 15.8. The van der Waals surface area contributed by atoms with Crippen molar-refractivity contribution in [2.45, 2.75) is 39.5 Å². The van der Waals surface area contributed by atoms with Gasteiger partial charge in [-0.05, 0) is 43.2 Å². The minimum atomic E-state index is 0.282. The van der Waals surface area contributed by atoms with Crippen molar-refractivity contribution in [3.05, 3.63) is 35.4 Å². The molecule has 0 N–H and O–H groups in total. The summed E-state index contributed by atoms with van der Waals surface area (Å²) in [5, 5.41) is 0. The van der Waals surface area contributed by atoms with Crippen molar-refractivity contribution in [1.29, 1.82) is 0 Å². The molecule has 2 rings (SSSR count). The molecular weight excluding hydrogens is 274 g/mol. The molecule has 0 amide bonds. The number of likely N-dealkylation sites (tertiary alicyclic amines) is 1. The lowest BCUT2D eigenvalue weighted by Gasteiger charge is -2.27. The molecule has 0 bridgehead atoms. The fraction of sp³-hybridized carbons (Fsp3) is 0.526. The number of ether oxygens (including phenoxy) is 1. The van der Waals surface area contributed by atoms with Gasteiger partial charge in [-0.25, -0.2) is 0 Å². The largest absolute Gasteiger partial charge is 0.494 e. The number of hydrogen-bond acceptors (Lipinski definition) is 3. The van der Waals surface area contributed by atoms with Gasteiger partial charge < -0.3 is 4.74 Å². The molecule has 1 aliphatic rings. The van der Waals surface area contributed by atoms with Crippen molar-refractivity contribution in [2.75, 3.05) is 26.2 Å². The summed E-state index contributed by atoms with van der Waals surface area (Å²) in [6.45, 7) is 7.81. The van der Waals surface area contributed by atoms with Gasteiger partial charge in [-0.1, -0.05) is 32.4 Å². The lowest BCUT2D eigenvalue weighted by atomic mass is 10.00. The summed E-state index contributed by atoms with van der Waals surface area (Å²) in [4.78, 5) is 14.5. The molecule has 0 spiro atoms. The number of Topliss-reactive ketones (excluding diaryl/α,β-unsaturated/α-hetero) is 1. The second kappa shape index (κ2) is 8.74. The second-order valence-corrected chi connectivity index (χ2v) is 5.89. The molecule has 22 heavy (non-hydrogen) atoms. The van der Waals surface area contributed by atoms with Crippen LogP contribution in [0, 0.1) is 0 Å². The average molecular weight is 301 g/mol. The number of piperidine rings is 1. The van der Waals surface area contributed by atoms with Crippen LogP contribution in [0.25, 0.3) is 6.08 Å². The van der Waals surface area contributed by atoms with Gasteiger partial charge in [0.1, 0.15) is 5.75 Å². The summed E-state index contributed by atoms with van der Waals surface area (Å²) in [6.07, 6.45) is 5.98. The van der Waals surface area contributed by atoms with Crippen LogP contribution >= 0.6 is 0 Å². The molecule has 0 saturated carbocycles. The maximum atomic E-state index is 12.1. The summed E-state index contributed by atoms with van der Waals surface area (Å²) in [5.41, 5.74) is 1.97. The maximum absolute atomic E-state index is 12.1. The fourth-order valence-corrected chi connectivity index (χ4v) is 2.69. The average Bonchev–Trinajstić information content (AvgIpc) is 2.52. The predicted molar refractivity (Wildman–Crippen MR) is 91.2 cm³/mol. The van der Waals surface area contributed by atoms with Gasteiger partial charge in [0.25, 0.3) is 0 Å². The lowest BCUT2D eigenvalue weighted by molar-refractivity contribution is -0.117. The lowest BCUT2D eigenvalue weighted by Crippen LogP contribution is -2.36. The Kier molecular flexibility index (Phi) is 6.66. The van der Waals surface area contributed by atoms with Crippen LogP contribution in [0.3, 0.4) is 0 Å². The number of benzene rings is 1. The Balaban J connectivity index is 2.06. The van der Waals surface area contributed by atoms with E-state index in [1.807, 2.05) is 30.3 Å². The predicted octanol–water partition coefficient (Wildman–Crippen LogP) is 3.93. The molecule has 120 valence electrons.